The van der Waals surface area contributed by atoms with Gasteiger partial charge in [-0.25, -0.2) is 4.79 Å². The Morgan fingerprint density at radius 1 is 1.20 bits per heavy atom. The number of alkyl halides is 3. The van der Waals surface area contributed by atoms with Gasteiger partial charge in [0.05, 0.1) is 17.6 Å². The molecule has 7 heteroatoms. The fourth-order valence-electron chi connectivity index (χ4n) is 2.17. The van der Waals surface area contributed by atoms with Crippen LogP contribution in [0, 0.1) is 0 Å². The highest BCUT2D eigenvalue weighted by Crippen LogP contribution is 2.22. The largest absolute Gasteiger partial charge is 0.416 e. The quantitative estimate of drug-likeness (QED) is 0.937. The lowest BCUT2D eigenvalue weighted by Crippen LogP contribution is -2.36. The maximum atomic E-state index is 12.4. The smallest absolute Gasteiger partial charge is 0.382 e. The summed E-state index contributed by atoms with van der Waals surface area (Å²) in [6.45, 7) is 1.51. The van der Waals surface area contributed by atoms with Crippen molar-refractivity contribution in [3.63, 3.8) is 0 Å². The number of hydrogen-bond donors (Lipinski definition) is 1. The highest BCUT2D eigenvalue weighted by atomic mass is 19.4. The first kappa shape index (κ1) is 14.6. The minimum atomic E-state index is -4.74. The molecule has 1 aromatic carbocycles. The van der Waals surface area contributed by atoms with Crippen molar-refractivity contribution >= 4 is 11.0 Å². The molecule has 0 spiro atoms. The summed E-state index contributed by atoms with van der Waals surface area (Å²) in [7, 11) is 0. The maximum Gasteiger partial charge on any atom is 0.416 e. The molecular formula is C13H15F3N2O2. The lowest BCUT2D eigenvalue weighted by molar-refractivity contribution is -0.207. The van der Waals surface area contributed by atoms with Gasteiger partial charge in [-0.05, 0) is 18.6 Å². The van der Waals surface area contributed by atoms with E-state index in [-0.39, 0.29) is 0 Å². The van der Waals surface area contributed by atoms with Crippen molar-refractivity contribution in [3.8, 4) is 0 Å². The summed E-state index contributed by atoms with van der Waals surface area (Å²) in [6.07, 6.45) is -6.61. The zero-order chi connectivity index (χ0) is 14.9. The summed E-state index contributed by atoms with van der Waals surface area (Å²) in [5, 5.41) is 9.17. The summed E-state index contributed by atoms with van der Waals surface area (Å²) in [4.78, 5) is 12.2. The van der Waals surface area contributed by atoms with E-state index >= 15 is 0 Å². The van der Waals surface area contributed by atoms with Gasteiger partial charge in [-0.3, -0.25) is 9.13 Å². The molecule has 1 heterocycles. The number of fused-ring (bicyclic) bond motifs is 1. The monoisotopic (exact) mass is 288 g/mol. The fourth-order valence-corrected chi connectivity index (χ4v) is 2.17. The third-order valence-corrected chi connectivity index (χ3v) is 3.11. The summed E-state index contributed by atoms with van der Waals surface area (Å²) in [5.41, 5.74) is 0.444. The molecule has 0 amide bonds. The molecule has 4 nitrogen and oxygen atoms in total. The molecule has 110 valence electrons. The summed E-state index contributed by atoms with van der Waals surface area (Å²) in [5.74, 6) is 0. The lowest BCUT2D eigenvalue weighted by Gasteiger charge is -2.14. The minimum absolute atomic E-state index is 0.397. The Balaban J connectivity index is 2.53. The Labute approximate surface area is 113 Å². The van der Waals surface area contributed by atoms with E-state index in [2.05, 4.69) is 0 Å². The highest BCUT2D eigenvalue weighted by molar-refractivity contribution is 5.75. The Hall–Kier alpha value is -1.76. The highest BCUT2D eigenvalue weighted by Gasteiger charge is 2.39. The van der Waals surface area contributed by atoms with Crippen LogP contribution in [0.4, 0.5) is 13.2 Å². The predicted molar refractivity (Wildman–Crippen MR) is 68.6 cm³/mol. The summed E-state index contributed by atoms with van der Waals surface area (Å²) >= 11 is 0. The predicted octanol–water partition coefficient (Wildman–Crippen LogP) is 2.14. The fraction of sp³-hybridized carbons (Fsp3) is 0.462. The van der Waals surface area contributed by atoms with E-state index in [1.807, 2.05) is 6.92 Å². The minimum Gasteiger partial charge on any atom is -0.382 e. The zero-order valence-corrected chi connectivity index (χ0v) is 10.9. The zero-order valence-electron chi connectivity index (χ0n) is 10.9. The van der Waals surface area contributed by atoms with Gasteiger partial charge in [-0.1, -0.05) is 19.1 Å². The molecule has 0 bridgehead atoms. The van der Waals surface area contributed by atoms with Crippen LogP contribution in [0.1, 0.15) is 13.3 Å². The van der Waals surface area contributed by atoms with E-state index in [4.69, 9.17) is 5.11 Å². The molecule has 0 radical (unpaired) electrons. The van der Waals surface area contributed by atoms with Gasteiger partial charge in [0.2, 0.25) is 0 Å². The average Bonchev–Trinajstić information content (AvgIpc) is 2.64. The van der Waals surface area contributed by atoms with Crippen LogP contribution in [0.2, 0.25) is 0 Å². The van der Waals surface area contributed by atoms with Crippen molar-refractivity contribution in [2.75, 3.05) is 0 Å². The van der Waals surface area contributed by atoms with Crippen LogP contribution >= 0.6 is 0 Å². The van der Waals surface area contributed by atoms with Crippen molar-refractivity contribution in [1.29, 1.82) is 0 Å². The molecule has 0 saturated heterocycles. The van der Waals surface area contributed by atoms with Crippen LogP contribution in [0.3, 0.4) is 0 Å². The van der Waals surface area contributed by atoms with Crippen LogP contribution in [0.15, 0.2) is 29.1 Å². The van der Waals surface area contributed by atoms with E-state index < -0.39 is 24.5 Å². The number of para-hydroxylation sites is 2. The summed E-state index contributed by atoms with van der Waals surface area (Å²) < 4.78 is 39.8. The number of hydrogen-bond acceptors (Lipinski definition) is 2. The number of aryl methyl sites for hydroxylation is 1. The molecule has 0 fully saturated rings. The molecule has 0 aliphatic carbocycles. The second-order valence-electron chi connectivity index (χ2n) is 4.59. The number of aliphatic hydroxyl groups excluding tert-OH is 1. The molecule has 1 N–H and O–H groups in total. The first-order chi connectivity index (χ1) is 9.36. The van der Waals surface area contributed by atoms with Crippen molar-refractivity contribution in [3.05, 3.63) is 34.7 Å². The van der Waals surface area contributed by atoms with Crippen molar-refractivity contribution < 1.29 is 18.3 Å². The van der Waals surface area contributed by atoms with Crippen molar-refractivity contribution in [2.24, 2.45) is 0 Å². The topological polar surface area (TPSA) is 47.2 Å². The molecule has 1 atom stereocenters. The lowest BCUT2D eigenvalue weighted by atomic mass is 10.3. The molecule has 0 saturated carbocycles. The Morgan fingerprint density at radius 2 is 1.75 bits per heavy atom. The van der Waals surface area contributed by atoms with Crippen LogP contribution in [0.25, 0.3) is 11.0 Å². The Kier molecular flexibility index (Phi) is 3.89. The molecule has 0 aliphatic heterocycles. The molecular weight excluding hydrogens is 273 g/mol. The molecule has 2 rings (SSSR count). The molecule has 1 aromatic heterocycles. The Bertz CT molecular complexity index is 658. The molecule has 1 unspecified atom stereocenters. The number of aliphatic hydroxyl groups is 1. The van der Waals surface area contributed by atoms with Crippen LogP contribution in [-0.4, -0.2) is 26.5 Å². The van der Waals surface area contributed by atoms with Gasteiger partial charge < -0.3 is 5.11 Å². The van der Waals surface area contributed by atoms with E-state index in [9.17, 15) is 18.0 Å². The number of rotatable bonds is 4. The number of halogens is 3. The van der Waals surface area contributed by atoms with Crippen molar-refractivity contribution in [1.82, 2.24) is 9.13 Å². The molecule has 20 heavy (non-hydrogen) atoms. The third kappa shape index (κ3) is 2.58. The maximum absolute atomic E-state index is 12.4. The SMILES string of the molecule is CCCn1c(=O)n(CC(O)C(F)(F)F)c2ccccc21. The third-order valence-electron chi connectivity index (χ3n) is 3.11. The van der Waals surface area contributed by atoms with E-state index in [1.165, 1.54) is 4.57 Å². The second kappa shape index (κ2) is 5.32. The van der Waals surface area contributed by atoms with Gasteiger partial charge in [0.25, 0.3) is 0 Å². The van der Waals surface area contributed by atoms with E-state index in [1.54, 1.807) is 24.3 Å². The van der Waals surface area contributed by atoms with Crippen LogP contribution < -0.4 is 5.69 Å². The summed E-state index contributed by atoms with van der Waals surface area (Å²) in [6, 6.07) is 6.63. The first-order valence-corrected chi connectivity index (χ1v) is 6.29. The van der Waals surface area contributed by atoms with Gasteiger partial charge >= 0.3 is 11.9 Å². The van der Waals surface area contributed by atoms with Gasteiger partial charge in [0.15, 0.2) is 6.10 Å². The van der Waals surface area contributed by atoms with Gasteiger partial charge in [0.1, 0.15) is 0 Å². The van der Waals surface area contributed by atoms with Crippen molar-refractivity contribution in [2.45, 2.75) is 38.7 Å². The number of benzene rings is 1. The number of imidazole rings is 1. The van der Waals surface area contributed by atoms with E-state index in [0.29, 0.717) is 24.0 Å². The normalized spacial score (nSPS) is 13.8. The van der Waals surface area contributed by atoms with Gasteiger partial charge in [-0.2, -0.15) is 13.2 Å². The second-order valence-corrected chi connectivity index (χ2v) is 4.59. The average molecular weight is 288 g/mol. The van der Waals surface area contributed by atoms with Gasteiger partial charge in [0, 0.05) is 6.54 Å². The molecule has 0 aliphatic rings. The molecule has 2 aromatic rings. The first-order valence-electron chi connectivity index (χ1n) is 6.29. The van der Waals surface area contributed by atoms with Crippen LogP contribution in [0.5, 0.6) is 0 Å². The number of nitrogens with zero attached hydrogens (tertiary/aromatic N) is 2. The van der Waals surface area contributed by atoms with Crippen LogP contribution in [-0.2, 0) is 13.1 Å². The standard InChI is InChI=1S/C13H15F3N2O2/c1-2-7-17-9-5-3-4-6-10(9)18(12(17)20)8-11(19)13(14,15)16/h3-6,11,19H,2,7-8H2,1H3. The van der Waals surface area contributed by atoms with Gasteiger partial charge in [-0.15, -0.1) is 0 Å². The Morgan fingerprint density at radius 3 is 2.25 bits per heavy atom. The van der Waals surface area contributed by atoms with E-state index in [0.717, 1.165) is 4.57 Å². The number of aromatic nitrogens is 2.